The second-order valence-corrected chi connectivity index (χ2v) is 6.64. The molecule has 0 aliphatic carbocycles. The normalized spacial score (nSPS) is 11.3. The molecule has 0 saturated carbocycles. The van der Waals surface area contributed by atoms with Crippen molar-refractivity contribution in [2.75, 3.05) is 13.7 Å². The van der Waals surface area contributed by atoms with Gasteiger partial charge in [0.2, 0.25) is 5.91 Å². The number of rotatable bonds is 17. The molecule has 0 fully saturated rings. The van der Waals surface area contributed by atoms with E-state index in [9.17, 15) is 4.79 Å². The summed E-state index contributed by atoms with van der Waals surface area (Å²) < 4.78 is 0. The molecule has 3 nitrogen and oxygen atoms in total. The highest BCUT2D eigenvalue weighted by Crippen LogP contribution is 2.10. The first-order valence-electron chi connectivity index (χ1n) is 10.3. The van der Waals surface area contributed by atoms with Gasteiger partial charge in [0.1, 0.15) is 0 Å². The lowest BCUT2D eigenvalue weighted by atomic mass is 10.1. The number of carbonyl (C=O) groups is 1. The Morgan fingerprint density at radius 2 is 1.29 bits per heavy atom. The molecule has 0 spiro atoms. The van der Waals surface area contributed by atoms with Gasteiger partial charge in [-0.05, 0) is 39.0 Å². The van der Waals surface area contributed by atoms with Crippen LogP contribution in [0.5, 0.6) is 0 Å². The van der Waals surface area contributed by atoms with Crippen LogP contribution in [0.2, 0.25) is 0 Å². The number of allylic oxidation sites excluding steroid dienone is 2. The van der Waals surface area contributed by atoms with Crippen molar-refractivity contribution in [3.05, 3.63) is 12.2 Å². The van der Waals surface area contributed by atoms with Crippen LogP contribution in [0, 0.1) is 0 Å². The van der Waals surface area contributed by atoms with Gasteiger partial charge in [0.05, 0.1) is 6.61 Å². The average Bonchev–Trinajstić information content (AvgIpc) is 2.58. The van der Waals surface area contributed by atoms with E-state index in [1.807, 2.05) is 6.92 Å². The first-order chi connectivity index (χ1) is 11.7. The highest BCUT2D eigenvalue weighted by Gasteiger charge is 2.07. The van der Waals surface area contributed by atoms with Crippen LogP contribution in [0.1, 0.15) is 104 Å². The van der Waals surface area contributed by atoms with Gasteiger partial charge in [-0.25, -0.2) is 5.06 Å². The van der Waals surface area contributed by atoms with Crippen LogP contribution in [0.25, 0.3) is 0 Å². The van der Waals surface area contributed by atoms with Crippen molar-refractivity contribution in [1.82, 2.24) is 5.06 Å². The summed E-state index contributed by atoms with van der Waals surface area (Å²) in [5.74, 6) is 0.0921. The van der Waals surface area contributed by atoms with E-state index >= 15 is 0 Å². The van der Waals surface area contributed by atoms with Gasteiger partial charge in [-0.3, -0.25) is 9.63 Å². The van der Waals surface area contributed by atoms with Gasteiger partial charge in [0.15, 0.2) is 0 Å². The Bertz CT molecular complexity index is 302. The fourth-order valence-electron chi connectivity index (χ4n) is 2.77. The Morgan fingerprint density at radius 1 is 0.792 bits per heavy atom. The van der Waals surface area contributed by atoms with E-state index in [-0.39, 0.29) is 5.91 Å². The maximum absolute atomic E-state index is 11.7. The summed E-state index contributed by atoms with van der Waals surface area (Å²) in [6, 6.07) is 0. The van der Waals surface area contributed by atoms with Gasteiger partial charge in [0.25, 0.3) is 0 Å². The minimum Gasteiger partial charge on any atom is -0.273 e. The standard InChI is InChI=1S/C21H41NO2/c1-4-6-7-8-9-10-11-12-13-14-15-16-17-18-19-20-21(23)22(3)24-5-2/h12-13H,4-11,14-20H2,1-3H3/b13-12-. The maximum Gasteiger partial charge on any atom is 0.245 e. The summed E-state index contributed by atoms with van der Waals surface area (Å²) >= 11 is 0. The molecule has 0 unspecified atom stereocenters. The van der Waals surface area contributed by atoms with Gasteiger partial charge in [-0.1, -0.05) is 70.4 Å². The van der Waals surface area contributed by atoms with Crippen LogP contribution < -0.4 is 0 Å². The maximum atomic E-state index is 11.7. The molecule has 24 heavy (non-hydrogen) atoms. The predicted molar refractivity (Wildman–Crippen MR) is 104 cm³/mol. The number of hydrogen-bond acceptors (Lipinski definition) is 2. The van der Waals surface area contributed by atoms with E-state index in [4.69, 9.17) is 4.84 Å². The van der Waals surface area contributed by atoms with Crippen LogP contribution in [0.3, 0.4) is 0 Å². The molecule has 0 aliphatic heterocycles. The van der Waals surface area contributed by atoms with Crippen LogP contribution >= 0.6 is 0 Å². The molecular weight excluding hydrogens is 298 g/mol. The molecule has 0 aromatic rings. The fourth-order valence-corrected chi connectivity index (χ4v) is 2.77. The van der Waals surface area contributed by atoms with Crippen molar-refractivity contribution < 1.29 is 9.63 Å². The number of amides is 1. The molecule has 0 aromatic heterocycles. The number of hydrogen-bond donors (Lipinski definition) is 0. The first kappa shape index (κ1) is 23.2. The average molecular weight is 340 g/mol. The Hall–Kier alpha value is -0.830. The van der Waals surface area contributed by atoms with Crippen molar-refractivity contribution in [2.45, 2.75) is 104 Å². The molecule has 3 heteroatoms. The predicted octanol–water partition coefficient (Wildman–Crippen LogP) is 6.43. The molecule has 0 atom stereocenters. The largest absolute Gasteiger partial charge is 0.273 e. The topological polar surface area (TPSA) is 29.5 Å². The van der Waals surface area contributed by atoms with Gasteiger partial charge in [-0.2, -0.15) is 0 Å². The van der Waals surface area contributed by atoms with E-state index in [0.717, 1.165) is 12.8 Å². The lowest BCUT2D eigenvalue weighted by Gasteiger charge is -2.15. The van der Waals surface area contributed by atoms with Gasteiger partial charge < -0.3 is 0 Å². The van der Waals surface area contributed by atoms with Crippen molar-refractivity contribution >= 4 is 5.91 Å². The van der Waals surface area contributed by atoms with E-state index in [1.54, 1.807) is 7.05 Å². The second kappa shape index (κ2) is 18.5. The Kier molecular flexibility index (Phi) is 17.9. The molecule has 0 radical (unpaired) electrons. The molecule has 142 valence electrons. The second-order valence-electron chi connectivity index (χ2n) is 6.64. The van der Waals surface area contributed by atoms with Crippen LogP contribution in [-0.2, 0) is 9.63 Å². The molecule has 0 aromatic carbocycles. The first-order valence-corrected chi connectivity index (χ1v) is 10.3. The van der Waals surface area contributed by atoms with E-state index < -0.39 is 0 Å². The number of unbranched alkanes of at least 4 members (excludes halogenated alkanes) is 11. The quantitative estimate of drug-likeness (QED) is 0.173. The molecule has 0 aliphatic rings. The molecular formula is C21H41NO2. The molecule has 0 bridgehead atoms. The summed E-state index contributed by atoms with van der Waals surface area (Å²) in [4.78, 5) is 16.8. The van der Waals surface area contributed by atoms with Crippen LogP contribution in [0.4, 0.5) is 0 Å². The van der Waals surface area contributed by atoms with E-state index in [2.05, 4.69) is 19.1 Å². The van der Waals surface area contributed by atoms with Crippen LogP contribution in [-0.4, -0.2) is 24.6 Å². The fraction of sp³-hybridized carbons (Fsp3) is 0.857. The summed E-state index contributed by atoms with van der Waals surface area (Å²) in [6.45, 7) is 4.71. The third-order valence-electron chi connectivity index (χ3n) is 4.33. The molecule has 0 heterocycles. The van der Waals surface area contributed by atoms with Crippen molar-refractivity contribution in [3.63, 3.8) is 0 Å². The molecule has 0 rings (SSSR count). The number of nitrogens with zero attached hydrogens (tertiary/aromatic N) is 1. The Labute approximate surface area is 150 Å². The highest BCUT2D eigenvalue weighted by atomic mass is 16.7. The van der Waals surface area contributed by atoms with E-state index in [1.165, 1.54) is 75.7 Å². The number of carbonyl (C=O) groups excluding carboxylic acids is 1. The van der Waals surface area contributed by atoms with Crippen molar-refractivity contribution in [3.8, 4) is 0 Å². The zero-order chi connectivity index (χ0) is 17.9. The highest BCUT2D eigenvalue weighted by molar-refractivity contribution is 5.74. The minimum atomic E-state index is 0.0921. The summed E-state index contributed by atoms with van der Waals surface area (Å²) in [6.07, 6.45) is 22.0. The third kappa shape index (κ3) is 16.0. The van der Waals surface area contributed by atoms with Crippen molar-refractivity contribution in [1.29, 1.82) is 0 Å². The van der Waals surface area contributed by atoms with Gasteiger partial charge in [-0.15, -0.1) is 0 Å². The SMILES string of the molecule is CCCCCCCC/C=C\CCCCCCCC(=O)N(C)OCC. The number of hydroxylamine groups is 2. The van der Waals surface area contributed by atoms with Gasteiger partial charge >= 0.3 is 0 Å². The molecule has 0 saturated heterocycles. The Balaban J connectivity index is 3.24. The monoisotopic (exact) mass is 339 g/mol. The molecule has 0 N–H and O–H groups in total. The Morgan fingerprint density at radius 3 is 1.83 bits per heavy atom. The summed E-state index contributed by atoms with van der Waals surface area (Å²) in [7, 11) is 1.70. The zero-order valence-corrected chi connectivity index (χ0v) is 16.5. The summed E-state index contributed by atoms with van der Waals surface area (Å²) in [5, 5.41) is 1.37. The smallest absolute Gasteiger partial charge is 0.245 e. The summed E-state index contributed by atoms with van der Waals surface area (Å²) in [5.41, 5.74) is 0. The molecule has 1 amide bonds. The minimum absolute atomic E-state index is 0.0921. The zero-order valence-electron chi connectivity index (χ0n) is 16.5. The lowest BCUT2D eigenvalue weighted by Crippen LogP contribution is -2.26. The third-order valence-corrected chi connectivity index (χ3v) is 4.33. The lowest BCUT2D eigenvalue weighted by molar-refractivity contribution is -0.176. The van der Waals surface area contributed by atoms with Crippen LogP contribution in [0.15, 0.2) is 12.2 Å². The van der Waals surface area contributed by atoms with Crippen molar-refractivity contribution in [2.24, 2.45) is 0 Å². The van der Waals surface area contributed by atoms with Gasteiger partial charge in [0, 0.05) is 13.5 Å². The van der Waals surface area contributed by atoms with E-state index in [0.29, 0.717) is 13.0 Å².